The van der Waals surface area contributed by atoms with E-state index in [9.17, 15) is 13.2 Å². The minimum Gasteiger partial charge on any atom is -0.379 e. The minimum absolute atomic E-state index is 0.0897. The van der Waals surface area contributed by atoms with Gasteiger partial charge in [0.2, 0.25) is 0 Å². The molecule has 0 heterocycles. The number of halogens is 3. The van der Waals surface area contributed by atoms with E-state index in [0.717, 1.165) is 44.2 Å². The van der Waals surface area contributed by atoms with Crippen LogP contribution in [0, 0.1) is 17.5 Å². The van der Waals surface area contributed by atoms with Crippen molar-refractivity contribution in [2.75, 3.05) is 14.2 Å². The third-order valence-electron chi connectivity index (χ3n) is 3.60. The Hall–Kier alpha value is -0.893. The summed E-state index contributed by atoms with van der Waals surface area (Å²) < 4.78 is 54.8. The van der Waals surface area contributed by atoms with Gasteiger partial charge in [0.05, 0.1) is 0 Å². The van der Waals surface area contributed by atoms with Crippen LogP contribution in [0.25, 0.3) is 0 Å². The second-order valence-corrected chi connectivity index (χ2v) is 7.33. The van der Waals surface area contributed by atoms with Crippen molar-refractivity contribution >= 4 is 9.53 Å². The molecule has 0 bridgehead atoms. The van der Waals surface area contributed by atoms with Gasteiger partial charge in [-0.1, -0.05) is 19.3 Å². The fourth-order valence-corrected chi connectivity index (χ4v) is 3.26. The molecule has 3 nitrogen and oxygen atoms in total. The van der Waals surface area contributed by atoms with Crippen molar-refractivity contribution in [3.8, 4) is 0 Å². The summed E-state index contributed by atoms with van der Waals surface area (Å²) in [6.07, 6.45) is 5.31. The molecule has 0 amide bonds. The Bertz CT molecular complexity index is 447. The first kappa shape index (κ1) is 20.2. The third-order valence-corrected chi connectivity index (χ3v) is 5.05. The molecule has 1 unspecified atom stereocenters. The molecule has 7 heteroatoms. The zero-order chi connectivity index (χ0) is 17.2. The Morgan fingerprint density at radius 3 is 2.09 bits per heavy atom. The lowest BCUT2D eigenvalue weighted by Gasteiger charge is -2.17. The molecule has 0 aliphatic rings. The van der Waals surface area contributed by atoms with Gasteiger partial charge in [-0.25, -0.2) is 13.2 Å². The number of unbranched alkanes of at least 4 members (excludes halogenated alkanes) is 3. The molecule has 23 heavy (non-hydrogen) atoms. The van der Waals surface area contributed by atoms with E-state index in [4.69, 9.17) is 13.3 Å². The van der Waals surface area contributed by atoms with Crippen LogP contribution in [0.3, 0.4) is 0 Å². The maximum atomic E-state index is 13.1. The maximum absolute atomic E-state index is 13.1. The first-order chi connectivity index (χ1) is 11.0. The third kappa shape index (κ3) is 7.47. The highest BCUT2D eigenvalue weighted by atomic mass is 28.3. The molecule has 1 aromatic carbocycles. The van der Waals surface area contributed by atoms with Crippen LogP contribution in [0.2, 0.25) is 0 Å². The molecule has 1 aromatic rings. The normalized spacial score (nSPS) is 12.8. The standard InChI is InChI=1S/C16H25F3O3Si/c1-12(22-23(20-2)21-3)8-6-4-5-7-9-13-10-14(17)16(19)15(18)11-13/h10-12,23H,4-9H2,1-3H3. The highest BCUT2D eigenvalue weighted by Crippen LogP contribution is 2.16. The quantitative estimate of drug-likeness (QED) is 0.343. The number of benzene rings is 1. The van der Waals surface area contributed by atoms with Crippen LogP contribution in [0.1, 0.15) is 44.6 Å². The van der Waals surface area contributed by atoms with E-state index in [1.807, 2.05) is 6.92 Å². The van der Waals surface area contributed by atoms with E-state index in [2.05, 4.69) is 0 Å². The molecule has 0 spiro atoms. The summed E-state index contributed by atoms with van der Waals surface area (Å²) in [5.74, 6) is -3.65. The fourth-order valence-electron chi connectivity index (χ4n) is 2.33. The Morgan fingerprint density at radius 1 is 0.957 bits per heavy atom. The Balaban J connectivity index is 2.16. The smallest absolute Gasteiger partial charge is 0.379 e. The van der Waals surface area contributed by atoms with Gasteiger partial charge >= 0.3 is 9.53 Å². The molecule has 0 saturated heterocycles. The van der Waals surface area contributed by atoms with Crippen molar-refractivity contribution in [3.63, 3.8) is 0 Å². The number of rotatable bonds is 11. The monoisotopic (exact) mass is 350 g/mol. The lowest BCUT2D eigenvalue weighted by Crippen LogP contribution is -2.28. The molecule has 0 radical (unpaired) electrons. The lowest BCUT2D eigenvalue weighted by atomic mass is 10.0. The van der Waals surface area contributed by atoms with Crippen molar-refractivity contribution in [2.45, 2.75) is 51.6 Å². The maximum Gasteiger partial charge on any atom is 0.483 e. The lowest BCUT2D eigenvalue weighted by molar-refractivity contribution is 0.0892. The van der Waals surface area contributed by atoms with Crippen molar-refractivity contribution in [2.24, 2.45) is 0 Å². The summed E-state index contributed by atoms with van der Waals surface area (Å²) in [6, 6.07) is 2.13. The van der Waals surface area contributed by atoms with Crippen molar-refractivity contribution in [3.05, 3.63) is 35.1 Å². The van der Waals surface area contributed by atoms with Gasteiger partial charge in [0.25, 0.3) is 0 Å². The molecule has 1 rings (SSSR count). The largest absolute Gasteiger partial charge is 0.483 e. The van der Waals surface area contributed by atoms with E-state index in [0.29, 0.717) is 12.0 Å². The highest BCUT2D eigenvalue weighted by Gasteiger charge is 2.15. The van der Waals surface area contributed by atoms with Crippen molar-refractivity contribution in [1.82, 2.24) is 0 Å². The predicted octanol–water partition coefficient (Wildman–Crippen LogP) is 4.01. The second-order valence-electron chi connectivity index (χ2n) is 5.53. The van der Waals surface area contributed by atoms with Crippen molar-refractivity contribution < 1.29 is 26.4 Å². The molecule has 0 fully saturated rings. The first-order valence-corrected chi connectivity index (χ1v) is 9.23. The van der Waals surface area contributed by atoms with E-state index in [1.165, 1.54) is 0 Å². The van der Waals surface area contributed by atoms with Gasteiger partial charge in [0, 0.05) is 20.3 Å². The minimum atomic E-state index is -1.97. The number of hydrogen-bond acceptors (Lipinski definition) is 3. The first-order valence-electron chi connectivity index (χ1n) is 7.82. The summed E-state index contributed by atoms with van der Waals surface area (Å²) in [4.78, 5) is 0. The average Bonchev–Trinajstić information content (AvgIpc) is 2.53. The van der Waals surface area contributed by atoms with Crippen LogP contribution in [0.5, 0.6) is 0 Å². The Labute approximate surface area is 137 Å². The van der Waals surface area contributed by atoms with Crippen LogP contribution < -0.4 is 0 Å². The van der Waals surface area contributed by atoms with Crippen LogP contribution >= 0.6 is 0 Å². The van der Waals surface area contributed by atoms with Gasteiger partial charge < -0.3 is 13.3 Å². The summed E-state index contributed by atoms with van der Waals surface area (Å²) in [5.41, 5.74) is 0.493. The topological polar surface area (TPSA) is 27.7 Å². The summed E-state index contributed by atoms with van der Waals surface area (Å²) in [5, 5.41) is 0. The zero-order valence-corrected chi connectivity index (χ0v) is 15.1. The molecule has 1 atom stereocenters. The molecule has 0 aliphatic carbocycles. The van der Waals surface area contributed by atoms with E-state index >= 15 is 0 Å². The summed E-state index contributed by atoms with van der Waals surface area (Å²) in [7, 11) is 1.18. The molecule has 0 aliphatic heterocycles. The fraction of sp³-hybridized carbons (Fsp3) is 0.625. The van der Waals surface area contributed by atoms with Gasteiger partial charge in [-0.15, -0.1) is 0 Å². The van der Waals surface area contributed by atoms with Gasteiger partial charge in [-0.05, 0) is 43.9 Å². The van der Waals surface area contributed by atoms with Crippen LogP contribution in [0.4, 0.5) is 13.2 Å². The number of hydrogen-bond donors (Lipinski definition) is 0. The van der Waals surface area contributed by atoms with Crippen LogP contribution in [-0.2, 0) is 19.7 Å². The molecule has 0 aromatic heterocycles. The molecule has 0 N–H and O–H groups in total. The molecular formula is C16H25F3O3Si. The van der Waals surface area contributed by atoms with Gasteiger partial charge in [0.15, 0.2) is 17.5 Å². The summed E-state index contributed by atoms with van der Waals surface area (Å²) in [6.45, 7) is 1.99. The molecule has 0 saturated carbocycles. The van der Waals surface area contributed by atoms with Gasteiger partial charge in [-0.2, -0.15) is 0 Å². The van der Waals surface area contributed by atoms with Crippen LogP contribution in [-0.4, -0.2) is 29.9 Å². The molecule has 132 valence electrons. The summed E-state index contributed by atoms with van der Waals surface area (Å²) >= 11 is 0. The Kier molecular flexibility index (Phi) is 9.46. The van der Waals surface area contributed by atoms with E-state index in [1.54, 1.807) is 14.2 Å². The second kappa shape index (κ2) is 10.8. The highest BCUT2D eigenvalue weighted by molar-refractivity contribution is 6.36. The average molecular weight is 350 g/mol. The van der Waals surface area contributed by atoms with Gasteiger partial charge in [0.1, 0.15) is 0 Å². The van der Waals surface area contributed by atoms with E-state index < -0.39 is 27.0 Å². The van der Waals surface area contributed by atoms with E-state index in [-0.39, 0.29) is 6.10 Å². The number of aryl methyl sites for hydroxylation is 1. The Morgan fingerprint density at radius 2 is 1.52 bits per heavy atom. The molecular weight excluding hydrogens is 325 g/mol. The predicted molar refractivity (Wildman–Crippen MR) is 84.8 cm³/mol. The van der Waals surface area contributed by atoms with Gasteiger partial charge in [-0.3, -0.25) is 0 Å². The van der Waals surface area contributed by atoms with Crippen LogP contribution in [0.15, 0.2) is 12.1 Å². The zero-order valence-electron chi connectivity index (χ0n) is 13.9. The SMILES string of the molecule is CO[SiH](OC)OC(C)CCCCCCc1cc(F)c(F)c(F)c1. The van der Waals surface area contributed by atoms with Crippen molar-refractivity contribution in [1.29, 1.82) is 0 Å².